The molecule has 4 nitrogen and oxygen atoms in total. The minimum absolute atomic E-state index is 0.0268. The molecule has 5 heteroatoms. The van der Waals surface area contributed by atoms with Gasteiger partial charge in [0.25, 0.3) is 0 Å². The van der Waals surface area contributed by atoms with Gasteiger partial charge in [0.15, 0.2) is 0 Å². The number of carbonyl (C=O) groups is 2. The average Bonchev–Trinajstić information content (AvgIpc) is 3.02. The highest BCUT2D eigenvalue weighted by atomic mass is 127. The van der Waals surface area contributed by atoms with Gasteiger partial charge in [0.1, 0.15) is 6.10 Å². The minimum Gasteiger partial charge on any atom is -0.462 e. The molecule has 2 bridgehead atoms. The maximum atomic E-state index is 12.5. The van der Waals surface area contributed by atoms with E-state index < -0.39 is 0 Å². The Morgan fingerprint density at radius 3 is 2.75 bits per heavy atom. The second-order valence-electron chi connectivity index (χ2n) is 5.92. The Hall–Kier alpha value is -1.11. The second kappa shape index (κ2) is 4.44. The Bertz CT molecular complexity index is 583. The molecule has 1 N–H and O–H groups in total. The average molecular weight is 383 g/mol. The van der Waals surface area contributed by atoms with Crippen molar-refractivity contribution in [3.8, 4) is 0 Å². The van der Waals surface area contributed by atoms with Gasteiger partial charge in [-0.05, 0) is 65.6 Å². The van der Waals surface area contributed by atoms with Crippen LogP contribution in [-0.2, 0) is 14.3 Å². The van der Waals surface area contributed by atoms with Gasteiger partial charge in [0, 0.05) is 15.2 Å². The van der Waals surface area contributed by atoms with Crippen molar-refractivity contribution < 1.29 is 14.3 Å². The molecule has 5 unspecified atom stereocenters. The quantitative estimate of drug-likeness (QED) is 0.631. The zero-order chi connectivity index (χ0) is 13.9. The molecular formula is C15H14INO3. The minimum atomic E-state index is -0.206. The van der Waals surface area contributed by atoms with E-state index in [1.165, 1.54) is 0 Å². The number of esters is 1. The van der Waals surface area contributed by atoms with Gasteiger partial charge in [0.2, 0.25) is 5.91 Å². The molecule has 20 heavy (non-hydrogen) atoms. The molecule has 104 valence electrons. The highest BCUT2D eigenvalue weighted by Crippen LogP contribution is 2.57. The fourth-order valence-corrected chi connectivity index (χ4v) is 4.48. The van der Waals surface area contributed by atoms with E-state index in [0.717, 1.165) is 22.1 Å². The van der Waals surface area contributed by atoms with Crippen molar-refractivity contribution in [2.45, 2.75) is 18.9 Å². The van der Waals surface area contributed by atoms with Gasteiger partial charge >= 0.3 is 5.97 Å². The first-order valence-electron chi connectivity index (χ1n) is 6.90. The van der Waals surface area contributed by atoms with Crippen LogP contribution in [0.25, 0.3) is 0 Å². The van der Waals surface area contributed by atoms with E-state index in [-0.39, 0.29) is 35.7 Å². The number of nitrogens with one attached hydrogen (secondary N) is 1. The van der Waals surface area contributed by atoms with Crippen molar-refractivity contribution in [2.24, 2.45) is 23.7 Å². The molecule has 4 rings (SSSR count). The van der Waals surface area contributed by atoms with Crippen LogP contribution >= 0.6 is 22.6 Å². The standard InChI is InChI=1S/C15H14INO3/c16-8-1-3-9(4-2-8)17-14(18)12-7-5-10-11(6-7)20-15(19)13(10)12/h1-4,7,10-13H,5-6H2,(H,17,18). The molecule has 2 aliphatic carbocycles. The lowest BCUT2D eigenvalue weighted by atomic mass is 9.79. The molecule has 2 saturated carbocycles. The van der Waals surface area contributed by atoms with E-state index in [2.05, 4.69) is 27.9 Å². The summed E-state index contributed by atoms with van der Waals surface area (Å²) < 4.78 is 6.49. The van der Waals surface area contributed by atoms with Crippen LogP contribution < -0.4 is 5.32 Å². The Labute approximate surface area is 130 Å². The van der Waals surface area contributed by atoms with Gasteiger partial charge in [-0.1, -0.05) is 0 Å². The molecule has 1 saturated heterocycles. The number of anilines is 1. The lowest BCUT2D eigenvalue weighted by Gasteiger charge is -2.23. The number of carbonyl (C=O) groups excluding carboxylic acids is 2. The zero-order valence-corrected chi connectivity index (χ0v) is 12.9. The number of benzene rings is 1. The molecular weight excluding hydrogens is 369 g/mol. The molecule has 5 atom stereocenters. The first-order valence-corrected chi connectivity index (χ1v) is 7.98. The Morgan fingerprint density at radius 2 is 2.00 bits per heavy atom. The second-order valence-corrected chi connectivity index (χ2v) is 7.16. The number of halogens is 1. The maximum absolute atomic E-state index is 12.5. The van der Waals surface area contributed by atoms with Crippen LogP contribution in [-0.4, -0.2) is 18.0 Å². The molecule has 1 aliphatic heterocycles. The lowest BCUT2D eigenvalue weighted by Crippen LogP contribution is -2.35. The van der Waals surface area contributed by atoms with Crippen molar-refractivity contribution in [3.05, 3.63) is 27.8 Å². The molecule has 0 spiro atoms. The van der Waals surface area contributed by atoms with Crippen molar-refractivity contribution in [1.82, 2.24) is 0 Å². The number of rotatable bonds is 2. The summed E-state index contributed by atoms with van der Waals surface area (Å²) in [6.07, 6.45) is 1.91. The summed E-state index contributed by atoms with van der Waals surface area (Å²) in [7, 11) is 0. The van der Waals surface area contributed by atoms with E-state index in [1.807, 2.05) is 24.3 Å². The fourth-order valence-electron chi connectivity index (χ4n) is 4.12. The molecule has 0 aromatic heterocycles. The van der Waals surface area contributed by atoms with E-state index in [0.29, 0.717) is 5.92 Å². The number of ether oxygens (including phenoxy) is 1. The normalized spacial score (nSPS) is 37.0. The molecule has 3 fully saturated rings. The van der Waals surface area contributed by atoms with Crippen molar-refractivity contribution in [3.63, 3.8) is 0 Å². The van der Waals surface area contributed by atoms with Crippen molar-refractivity contribution in [2.75, 3.05) is 5.32 Å². The molecule has 1 aromatic carbocycles. The SMILES string of the molecule is O=C(Nc1ccc(I)cc1)C1C2CC3OC(=O)C1C3C2. The molecule has 1 aromatic rings. The smallest absolute Gasteiger partial charge is 0.310 e. The monoisotopic (exact) mass is 383 g/mol. The van der Waals surface area contributed by atoms with E-state index >= 15 is 0 Å². The van der Waals surface area contributed by atoms with Crippen LogP contribution in [0.2, 0.25) is 0 Å². The lowest BCUT2D eigenvalue weighted by molar-refractivity contribution is -0.145. The Balaban J connectivity index is 1.54. The topological polar surface area (TPSA) is 55.4 Å². The Kier molecular flexibility index (Phi) is 2.80. The number of amides is 1. The van der Waals surface area contributed by atoms with E-state index in [9.17, 15) is 9.59 Å². The fraction of sp³-hybridized carbons (Fsp3) is 0.467. The van der Waals surface area contributed by atoms with Crippen LogP contribution in [0.1, 0.15) is 12.8 Å². The summed E-state index contributed by atoms with van der Waals surface area (Å²) in [5, 5.41) is 2.95. The highest BCUT2D eigenvalue weighted by Gasteiger charge is 2.63. The number of hydrogen-bond donors (Lipinski definition) is 1. The van der Waals surface area contributed by atoms with Gasteiger partial charge in [-0.2, -0.15) is 0 Å². The summed E-state index contributed by atoms with van der Waals surface area (Å²) >= 11 is 2.23. The predicted octanol–water partition coefficient (Wildman–Crippen LogP) is 2.43. The highest BCUT2D eigenvalue weighted by molar-refractivity contribution is 14.1. The summed E-state index contributed by atoms with van der Waals surface area (Å²) in [6.45, 7) is 0. The molecule has 1 amide bonds. The van der Waals surface area contributed by atoms with Crippen LogP contribution in [0.15, 0.2) is 24.3 Å². The first-order chi connectivity index (χ1) is 9.63. The summed E-state index contributed by atoms with van der Waals surface area (Å²) in [4.78, 5) is 24.4. The number of fused-ring (bicyclic) bond motifs is 1. The van der Waals surface area contributed by atoms with Crippen molar-refractivity contribution >= 4 is 40.2 Å². The molecule has 1 heterocycles. The Morgan fingerprint density at radius 1 is 1.25 bits per heavy atom. The predicted molar refractivity (Wildman–Crippen MR) is 80.9 cm³/mol. The van der Waals surface area contributed by atoms with Crippen LogP contribution in [0, 0.1) is 27.2 Å². The van der Waals surface area contributed by atoms with Crippen LogP contribution in [0.5, 0.6) is 0 Å². The van der Waals surface area contributed by atoms with Crippen LogP contribution in [0.3, 0.4) is 0 Å². The summed E-state index contributed by atoms with van der Waals surface area (Å²) in [5.74, 6) is -0.0119. The first kappa shape index (κ1) is 12.6. The third-order valence-electron chi connectivity index (χ3n) is 4.90. The summed E-state index contributed by atoms with van der Waals surface area (Å²) in [5.41, 5.74) is 0.793. The van der Waals surface area contributed by atoms with Crippen molar-refractivity contribution in [1.29, 1.82) is 0 Å². The van der Waals surface area contributed by atoms with Gasteiger partial charge in [-0.3, -0.25) is 9.59 Å². The van der Waals surface area contributed by atoms with Gasteiger partial charge in [0.05, 0.1) is 11.8 Å². The third-order valence-corrected chi connectivity index (χ3v) is 5.62. The largest absolute Gasteiger partial charge is 0.462 e. The van der Waals surface area contributed by atoms with Gasteiger partial charge in [-0.25, -0.2) is 0 Å². The van der Waals surface area contributed by atoms with E-state index in [1.54, 1.807) is 0 Å². The van der Waals surface area contributed by atoms with Gasteiger partial charge < -0.3 is 10.1 Å². The summed E-state index contributed by atoms with van der Waals surface area (Å²) in [6, 6.07) is 7.69. The van der Waals surface area contributed by atoms with Crippen LogP contribution in [0.4, 0.5) is 5.69 Å². The van der Waals surface area contributed by atoms with E-state index in [4.69, 9.17) is 4.74 Å². The maximum Gasteiger partial charge on any atom is 0.310 e. The number of hydrogen-bond acceptors (Lipinski definition) is 3. The zero-order valence-electron chi connectivity index (χ0n) is 10.7. The van der Waals surface area contributed by atoms with Gasteiger partial charge in [-0.15, -0.1) is 0 Å². The third kappa shape index (κ3) is 1.78. The molecule has 0 radical (unpaired) electrons. The molecule has 3 aliphatic rings.